The van der Waals surface area contributed by atoms with E-state index in [4.69, 9.17) is 16.3 Å². The normalized spacial score (nSPS) is 13.8. The molecule has 0 aliphatic heterocycles. The lowest BCUT2D eigenvalue weighted by Gasteiger charge is -2.29. The van der Waals surface area contributed by atoms with E-state index >= 15 is 0 Å². The molecule has 1 aromatic carbocycles. The van der Waals surface area contributed by atoms with E-state index in [2.05, 4.69) is 20.4 Å². The zero-order valence-electron chi connectivity index (χ0n) is 17.1. The molecular formula is C19H20ClF3N6O2. The summed E-state index contributed by atoms with van der Waals surface area (Å²) < 4.78 is 47.5. The van der Waals surface area contributed by atoms with Gasteiger partial charge in [-0.15, -0.1) is 5.10 Å². The second-order valence-electron chi connectivity index (χ2n) is 6.85. The topological polar surface area (TPSA) is 84.6 Å². The van der Waals surface area contributed by atoms with Gasteiger partial charge in [-0.1, -0.05) is 12.1 Å². The molecule has 31 heavy (non-hydrogen) atoms. The largest absolute Gasteiger partial charge is 0.413 e. The minimum absolute atomic E-state index is 0.0198. The summed E-state index contributed by atoms with van der Waals surface area (Å²) in [7, 11) is 2.64. The van der Waals surface area contributed by atoms with Crippen LogP contribution in [0, 0.1) is 0 Å². The molecule has 0 bridgehead atoms. The fourth-order valence-electron chi connectivity index (χ4n) is 3.14. The number of nitrogens with one attached hydrogen (secondary N) is 1. The first-order valence-electron chi connectivity index (χ1n) is 9.14. The lowest BCUT2D eigenvalue weighted by molar-refractivity contribution is -0.188. The van der Waals surface area contributed by atoms with E-state index in [1.807, 2.05) is 0 Å². The molecule has 0 unspecified atom stereocenters. The summed E-state index contributed by atoms with van der Waals surface area (Å²) in [5.41, 5.74) is 1.55. The molecule has 12 heteroatoms. The molecule has 3 aromatic rings. The van der Waals surface area contributed by atoms with Gasteiger partial charge in [0.15, 0.2) is 6.04 Å². The predicted molar refractivity (Wildman–Crippen MR) is 108 cm³/mol. The summed E-state index contributed by atoms with van der Waals surface area (Å²) >= 11 is 5.88. The van der Waals surface area contributed by atoms with E-state index in [1.165, 1.54) is 42.1 Å². The van der Waals surface area contributed by atoms with Crippen molar-refractivity contribution in [3.63, 3.8) is 0 Å². The standard InChI is InChI=1S/C19H20ClF3N6O2/c1-10(31-4)15-14(9-24-18-26-17(20)27-29(15)18)25-13-7-5-12(6-8-13)16(19(21,22)23)28(3)11(2)30/h5-10,16,25H,1-4H3/t10-,16-/m0/s1. The number of hydrogen-bond donors (Lipinski definition) is 1. The van der Waals surface area contributed by atoms with Gasteiger partial charge in [0.2, 0.25) is 11.2 Å². The Kier molecular flexibility index (Phi) is 6.37. The van der Waals surface area contributed by atoms with Crippen LogP contribution in [0.2, 0.25) is 5.28 Å². The molecule has 8 nitrogen and oxygen atoms in total. The predicted octanol–water partition coefficient (Wildman–Crippen LogP) is 4.31. The summed E-state index contributed by atoms with van der Waals surface area (Å²) in [6, 6.07) is 3.57. The van der Waals surface area contributed by atoms with Crippen molar-refractivity contribution < 1.29 is 22.7 Å². The van der Waals surface area contributed by atoms with Crippen molar-refractivity contribution in [1.29, 1.82) is 0 Å². The van der Waals surface area contributed by atoms with E-state index in [0.29, 0.717) is 22.0 Å². The maximum atomic E-state index is 13.5. The van der Waals surface area contributed by atoms with Crippen molar-refractivity contribution in [3.05, 3.63) is 47.0 Å². The van der Waals surface area contributed by atoms with E-state index in [9.17, 15) is 18.0 Å². The van der Waals surface area contributed by atoms with Gasteiger partial charge in [-0.05, 0) is 36.2 Å². The van der Waals surface area contributed by atoms with Crippen LogP contribution in [0.25, 0.3) is 5.78 Å². The van der Waals surface area contributed by atoms with Crippen molar-refractivity contribution in [3.8, 4) is 0 Å². The molecule has 2 aromatic heterocycles. The number of amides is 1. The van der Waals surface area contributed by atoms with E-state index in [1.54, 1.807) is 6.92 Å². The third kappa shape index (κ3) is 4.72. The Bertz CT molecular complexity index is 1090. The van der Waals surface area contributed by atoms with Crippen LogP contribution in [-0.2, 0) is 9.53 Å². The van der Waals surface area contributed by atoms with Crippen LogP contribution >= 0.6 is 11.6 Å². The van der Waals surface area contributed by atoms with Crippen molar-refractivity contribution >= 4 is 34.7 Å². The highest BCUT2D eigenvalue weighted by molar-refractivity contribution is 6.28. The zero-order chi connectivity index (χ0) is 22.9. The number of rotatable bonds is 6. The van der Waals surface area contributed by atoms with Crippen LogP contribution in [-0.4, -0.2) is 50.7 Å². The number of aromatic nitrogens is 4. The molecule has 2 heterocycles. The van der Waals surface area contributed by atoms with Gasteiger partial charge >= 0.3 is 6.18 Å². The smallest absolute Gasteiger partial charge is 0.375 e. The number of alkyl halides is 3. The highest BCUT2D eigenvalue weighted by Gasteiger charge is 2.44. The molecule has 0 fully saturated rings. The zero-order valence-corrected chi connectivity index (χ0v) is 17.9. The minimum atomic E-state index is -4.61. The Labute approximate surface area is 181 Å². The van der Waals surface area contributed by atoms with Crippen molar-refractivity contribution in [2.45, 2.75) is 32.2 Å². The number of nitrogens with zero attached hydrogens (tertiary/aromatic N) is 5. The first-order chi connectivity index (χ1) is 14.5. The average molecular weight is 457 g/mol. The summed E-state index contributed by atoms with van der Waals surface area (Å²) in [6.07, 6.45) is -3.51. The number of halogens is 4. The summed E-state index contributed by atoms with van der Waals surface area (Å²) in [5, 5.41) is 7.24. The van der Waals surface area contributed by atoms with Gasteiger partial charge in [0.1, 0.15) is 0 Å². The highest BCUT2D eigenvalue weighted by Crippen LogP contribution is 2.37. The molecule has 166 valence electrons. The third-order valence-electron chi connectivity index (χ3n) is 4.82. The molecule has 1 N–H and O–H groups in total. The number of fused-ring (bicyclic) bond motifs is 1. The van der Waals surface area contributed by atoms with Gasteiger partial charge in [0.25, 0.3) is 5.78 Å². The van der Waals surface area contributed by atoms with Gasteiger partial charge in [-0.2, -0.15) is 22.7 Å². The quantitative estimate of drug-likeness (QED) is 0.595. The second-order valence-corrected chi connectivity index (χ2v) is 7.19. The molecule has 0 saturated carbocycles. The summed E-state index contributed by atoms with van der Waals surface area (Å²) in [5.74, 6) is -0.404. The summed E-state index contributed by atoms with van der Waals surface area (Å²) in [4.78, 5) is 20.4. The second kappa shape index (κ2) is 8.67. The number of carbonyl (C=O) groups excluding carboxylic acids is 1. The number of carbonyl (C=O) groups is 1. The van der Waals surface area contributed by atoms with Gasteiger partial charge in [-0.25, -0.2) is 4.98 Å². The van der Waals surface area contributed by atoms with Crippen LogP contribution in [0.15, 0.2) is 30.5 Å². The average Bonchev–Trinajstić information content (AvgIpc) is 3.07. The van der Waals surface area contributed by atoms with Crippen molar-refractivity contribution in [1.82, 2.24) is 24.5 Å². The van der Waals surface area contributed by atoms with Crippen molar-refractivity contribution in [2.75, 3.05) is 19.5 Å². The van der Waals surface area contributed by atoms with Crippen molar-refractivity contribution in [2.24, 2.45) is 0 Å². The van der Waals surface area contributed by atoms with E-state index in [0.717, 1.165) is 14.0 Å². The molecule has 0 radical (unpaired) electrons. The lowest BCUT2D eigenvalue weighted by atomic mass is 10.0. The number of ether oxygens (including phenoxy) is 1. The number of hydrogen-bond acceptors (Lipinski definition) is 6. The van der Waals surface area contributed by atoms with Crippen LogP contribution in [0.5, 0.6) is 0 Å². The fraction of sp³-hybridized carbons (Fsp3) is 0.368. The number of methoxy groups -OCH3 is 1. The number of anilines is 2. The molecule has 3 rings (SSSR count). The maximum Gasteiger partial charge on any atom is 0.413 e. The lowest BCUT2D eigenvalue weighted by Crippen LogP contribution is -2.38. The Morgan fingerprint density at radius 2 is 1.94 bits per heavy atom. The van der Waals surface area contributed by atoms with Gasteiger partial charge < -0.3 is 15.0 Å². The minimum Gasteiger partial charge on any atom is -0.375 e. The van der Waals surface area contributed by atoms with Crippen LogP contribution in [0.4, 0.5) is 24.5 Å². The molecule has 0 aliphatic carbocycles. The molecular weight excluding hydrogens is 437 g/mol. The van der Waals surface area contributed by atoms with Crippen LogP contribution < -0.4 is 5.32 Å². The molecule has 1 amide bonds. The Morgan fingerprint density at radius 1 is 1.29 bits per heavy atom. The first kappa shape index (κ1) is 22.8. The molecule has 2 atom stereocenters. The Morgan fingerprint density at radius 3 is 2.48 bits per heavy atom. The van der Waals surface area contributed by atoms with Gasteiger partial charge in [0.05, 0.1) is 23.7 Å². The molecule has 0 spiro atoms. The number of benzene rings is 1. The Hall–Kier alpha value is -2.92. The Balaban J connectivity index is 1.96. The fourth-order valence-corrected chi connectivity index (χ4v) is 3.30. The monoisotopic (exact) mass is 456 g/mol. The van der Waals surface area contributed by atoms with E-state index < -0.39 is 24.2 Å². The van der Waals surface area contributed by atoms with Gasteiger partial charge in [0, 0.05) is 26.8 Å². The maximum absolute atomic E-state index is 13.5. The van der Waals surface area contributed by atoms with Gasteiger partial charge in [-0.3, -0.25) is 4.79 Å². The first-order valence-corrected chi connectivity index (χ1v) is 9.51. The summed E-state index contributed by atoms with van der Waals surface area (Å²) in [6.45, 7) is 2.89. The van der Waals surface area contributed by atoms with E-state index in [-0.39, 0.29) is 16.6 Å². The molecule has 0 aliphatic rings. The SMILES string of the molecule is CO[C@@H](C)c1c(Nc2ccc([C@H](N(C)C(C)=O)C(F)(F)F)cc2)cnc2nc(Cl)nn12. The molecule has 0 saturated heterocycles. The third-order valence-corrected chi connectivity index (χ3v) is 4.98. The highest BCUT2D eigenvalue weighted by atomic mass is 35.5. The van der Waals surface area contributed by atoms with Crippen LogP contribution in [0.3, 0.4) is 0 Å². The van der Waals surface area contributed by atoms with Crippen LogP contribution in [0.1, 0.15) is 37.3 Å².